The maximum absolute atomic E-state index is 6.36. The van der Waals surface area contributed by atoms with E-state index in [2.05, 4.69) is 147 Å². The standard InChI is InChI=1S/C47H35N3OS/c1-29-27-37(41-35-15-7-8-19-38(35)51-39(41)28-29)45-48-44(49-46(50-45)47(2)25-9-4-10-26-47)32-23-21-31(22-24-32)34-17-11-18-36-42-33(30-13-5-3-6-14-30)16-12-20-40(42)52-43(34)36/h3-25,28-29H,26-27H2,1-2H3. The van der Waals surface area contributed by atoms with E-state index < -0.39 is 0 Å². The molecule has 4 nitrogen and oxygen atoms in total. The van der Waals surface area contributed by atoms with Crippen molar-refractivity contribution in [2.45, 2.75) is 32.1 Å². The zero-order valence-corrected chi connectivity index (χ0v) is 29.8. The summed E-state index contributed by atoms with van der Waals surface area (Å²) in [5.74, 6) is 2.49. The number of hydrogen-bond donors (Lipinski definition) is 0. The van der Waals surface area contributed by atoms with Crippen molar-refractivity contribution in [1.82, 2.24) is 15.0 Å². The summed E-state index contributed by atoms with van der Waals surface area (Å²) in [5.41, 5.74) is 8.44. The fraction of sp³-hybridized carbons (Fsp3) is 0.128. The number of benzene rings is 5. The second-order valence-corrected chi connectivity index (χ2v) is 15.3. The van der Waals surface area contributed by atoms with Crippen LogP contribution in [0.3, 0.4) is 0 Å². The Balaban J connectivity index is 1.12. The fourth-order valence-electron chi connectivity index (χ4n) is 7.96. The first-order valence-corrected chi connectivity index (χ1v) is 18.8. The van der Waals surface area contributed by atoms with E-state index in [1.54, 1.807) is 0 Å². The molecule has 0 saturated heterocycles. The van der Waals surface area contributed by atoms with Gasteiger partial charge in [-0.05, 0) is 66.1 Å². The summed E-state index contributed by atoms with van der Waals surface area (Å²) in [6.45, 7) is 4.45. The first-order valence-electron chi connectivity index (χ1n) is 18.0. The second-order valence-electron chi connectivity index (χ2n) is 14.3. The summed E-state index contributed by atoms with van der Waals surface area (Å²) in [4.78, 5) is 15.7. The molecule has 2 aliphatic rings. The van der Waals surface area contributed by atoms with Gasteiger partial charge < -0.3 is 4.42 Å². The van der Waals surface area contributed by atoms with Crippen molar-refractivity contribution in [3.05, 3.63) is 162 Å². The molecule has 5 heteroatoms. The van der Waals surface area contributed by atoms with Crippen LogP contribution in [0.2, 0.25) is 0 Å². The molecule has 3 aromatic heterocycles. The van der Waals surface area contributed by atoms with E-state index in [4.69, 9.17) is 19.4 Å². The van der Waals surface area contributed by atoms with Crippen LogP contribution in [0.15, 0.2) is 144 Å². The van der Waals surface area contributed by atoms with Crippen molar-refractivity contribution in [2.24, 2.45) is 5.92 Å². The summed E-state index contributed by atoms with van der Waals surface area (Å²) in [5, 5.41) is 4.81. The van der Waals surface area contributed by atoms with Crippen LogP contribution in [0.1, 0.15) is 38.3 Å². The molecule has 3 heterocycles. The smallest absolute Gasteiger partial charge is 0.163 e. The molecule has 2 unspecified atom stereocenters. The summed E-state index contributed by atoms with van der Waals surface area (Å²) in [6, 6.07) is 41.1. The molecule has 2 aliphatic carbocycles. The highest BCUT2D eigenvalue weighted by atomic mass is 32.1. The molecule has 0 fully saturated rings. The molecule has 5 aromatic carbocycles. The predicted molar refractivity (Wildman–Crippen MR) is 215 cm³/mol. The van der Waals surface area contributed by atoms with Crippen LogP contribution in [-0.2, 0) is 5.41 Å². The molecule has 2 atom stereocenters. The fourth-order valence-corrected chi connectivity index (χ4v) is 9.22. The van der Waals surface area contributed by atoms with E-state index in [1.165, 1.54) is 42.4 Å². The molecule has 0 spiro atoms. The molecule has 52 heavy (non-hydrogen) atoms. The summed E-state index contributed by atoms with van der Waals surface area (Å²) in [7, 11) is 0. The van der Waals surface area contributed by atoms with Crippen LogP contribution in [0.4, 0.5) is 0 Å². The van der Waals surface area contributed by atoms with Crippen LogP contribution < -0.4 is 10.6 Å². The Kier molecular flexibility index (Phi) is 7.19. The van der Waals surface area contributed by atoms with E-state index in [9.17, 15) is 0 Å². The average Bonchev–Trinajstić information content (AvgIpc) is 3.76. The maximum atomic E-state index is 6.36. The van der Waals surface area contributed by atoms with Gasteiger partial charge in [-0.2, -0.15) is 0 Å². The van der Waals surface area contributed by atoms with Gasteiger partial charge in [0.2, 0.25) is 0 Å². The number of aromatic nitrogens is 3. The maximum Gasteiger partial charge on any atom is 0.163 e. The van der Waals surface area contributed by atoms with Gasteiger partial charge in [0.25, 0.3) is 0 Å². The molecule has 0 radical (unpaired) electrons. The Hall–Kier alpha value is -5.91. The van der Waals surface area contributed by atoms with Crippen molar-refractivity contribution in [2.75, 3.05) is 0 Å². The van der Waals surface area contributed by atoms with Crippen molar-refractivity contribution in [3.63, 3.8) is 0 Å². The third-order valence-electron chi connectivity index (χ3n) is 10.6. The van der Waals surface area contributed by atoms with Crippen molar-refractivity contribution in [3.8, 4) is 33.6 Å². The molecule has 0 bridgehead atoms. The number of hydrogen-bond acceptors (Lipinski definition) is 5. The molecule has 0 N–H and O–H groups in total. The first-order chi connectivity index (χ1) is 25.5. The third-order valence-corrected chi connectivity index (χ3v) is 11.8. The van der Waals surface area contributed by atoms with Crippen molar-refractivity contribution < 1.29 is 4.42 Å². The highest BCUT2D eigenvalue weighted by Gasteiger charge is 2.30. The van der Waals surface area contributed by atoms with E-state index in [0.29, 0.717) is 11.7 Å². The van der Waals surface area contributed by atoms with Crippen molar-refractivity contribution in [1.29, 1.82) is 0 Å². The number of fused-ring (bicyclic) bond motifs is 6. The van der Waals surface area contributed by atoms with Gasteiger partial charge in [0.05, 0.1) is 0 Å². The summed E-state index contributed by atoms with van der Waals surface area (Å²) in [6.07, 6.45) is 12.5. The van der Waals surface area contributed by atoms with Gasteiger partial charge in [0, 0.05) is 47.3 Å². The quantitative estimate of drug-likeness (QED) is 0.180. The zero-order valence-electron chi connectivity index (χ0n) is 29.0. The lowest BCUT2D eigenvalue weighted by Gasteiger charge is -2.26. The highest BCUT2D eigenvalue weighted by molar-refractivity contribution is 7.26. The largest absolute Gasteiger partial charge is 0.456 e. The Bertz CT molecular complexity index is 2880. The predicted octanol–water partition coefficient (Wildman–Crippen LogP) is 10.8. The van der Waals surface area contributed by atoms with E-state index >= 15 is 0 Å². The number of rotatable bonds is 5. The van der Waals surface area contributed by atoms with Gasteiger partial charge in [0.15, 0.2) is 11.6 Å². The van der Waals surface area contributed by atoms with E-state index in [-0.39, 0.29) is 5.41 Å². The van der Waals surface area contributed by atoms with E-state index in [0.717, 1.165) is 57.2 Å². The highest BCUT2D eigenvalue weighted by Crippen LogP contribution is 2.44. The van der Waals surface area contributed by atoms with Gasteiger partial charge in [-0.25, -0.2) is 15.0 Å². The lowest BCUT2D eigenvalue weighted by molar-refractivity contribution is 0.550. The number of thiophene rings is 1. The van der Waals surface area contributed by atoms with Crippen molar-refractivity contribution >= 4 is 54.1 Å². The van der Waals surface area contributed by atoms with Crippen LogP contribution in [-0.4, -0.2) is 15.0 Å². The second kappa shape index (κ2) is 12.1. The molecule has 0 saturated carbocycles. The van der Waals surface area contributed by atoms with Crippen LogP contribution in [0, 0.1) is 5.92 Å². The summed E-state index contributed by atoms with van der Waals surface area (Å²) >= 11 is 1.87. The molecule has 0 amide bonds. The molecule has 0 aliphatic heterocycles. The molecular weight excluding hydrogens is 655 g/mol. The van der Waals surface area contributed by atoms with E-state index in [1.807, 2.05) is 23.5 Å². The Morgan fingerprint density at radius 2 is 1.42 bits per heavy atom. The minimum Gasteiger partial charge on any atom is -0.456 e. The van der Waals surface area contributed by atoms with Gasteiger partial charge in [-0.3, -0.25) is 0 Å². The minimum atomic E-state index is -0.342. The molecule has 250 valence electrons. The Labute approximate surface area is 305 Å². The first kappa shape index (κ1) is 30.9. The lowest BCUT2D eigenvalue weighted by Crippen LogP contribution is -2.31. The van der Waals surface area contributed by atoms with Crippen LogP contribution >= 0.6 is 11.3 Å². The topological polar surface area (TPSA) is 51.8 Å². The number of nitrogens with zero attached hydrogens (tertiary/aromatic N) is 3. The zero-order chi connectivity index (χ0) is 34.8. The van der Waals surface area contributed by atoms with Crippen LogP contribution in [0.25, 0.3) is 76.4 Å². The van der Waals surface area contributed by atoms with Gasteiger partial charge in [-0.15, -0.1) is 11.3 Å². The Morgan fingerprint density at radius 1 is 0.692 bits per heavy atom. The number of allylic oxidation sites excluding steroid dienone is 4. The lowest BCUT2D eigenvalue weighted by atomic mass is 9.82. The number of furan rings is 1. The normalized spacial score (nSPS) is 18.3. The van der Waals surface area contributed by atoms with Gasteiger partial charge in [0.1, 0.15) is 16.8 Å². The molecular formula is C47H35N3OS. The monoisotopic (exact) mass is 689 g/mol. The van der Waals surface area contributed by atoms with Crippen LogP contribution in [0.5, 0.6) is 0 Å². The minimum absolute atomic E-state index is 0.291. The van der Waals surface area contributed by atoms with Gasteiger partial charge in [-0.1, -0.05) is 134 Å². The number of para-hydroxylation sites is 1. The van der Waals surface area contributed by atoms with Gasteiger partial charge >= 0.3 is 0 Å². The SMILES string of the molecule is CC1C=c2oc3ccccc3c2=C(c2nc(-c3ccc(-c4cccc5c4sc4cccc(-c6ccccc6)c45)cc3)nc(C3(C)C=CC=CC3)n2)C1. The average molecular weight is 690 g/mol. The summed E-state index contributed by atoms with van der Waals surface area (Å²) < 4.78 is 8.96. The Morgan fingerprint density at radius 3 is 2.27 bits per heavy atom. The molecule has 8 aromatic rings. The molecule has 10 rings (SSSR count). The third kappa shape index (κ3) is 5.07.